The number of piperazine rings is 1. The predicted octanol–water partition coefficient (Wildman–Crippen LogP) is 3.20. The van der Waals surface area contributed by atoms with Gasteiger partial charge in [-0.05, 0) is 48.4 Å². The zero-order chi connectivity index (χ0) is 20.4. The summed E-state index contributed by atoms with van der Waals surface area (Å²) in [6.45, 7) is 4.87. The van der Waals surface area contributed by atoms with E-state index in [0.29, 0.717) is 11.6 Å². The van der Waals surface area contributed by atoms with E-state index in [4.69, 9.17) is 4.74 Å². The molecule has 0 unspecified atom stereocenters. The van der Waals surface area contributed by atoms with Gasteiger partial charge in [0.05, 0.1) is 12.8 Å². The third-order valence-electron chi connectivity index (χ3n) is 5.24. The number of hydrogen-bond donors (Lipinski definition) is 1. The van der Waals surface area contributed by atoms with Gasteiger partial charge in [-0.25, -0.2) is 4.39 Å². The maximum atomic E-state index is 13.8. The fourth-order valence-corrected chi connectivity index (χ4v) is 3.70. The first kappa shape index (κ1) is 19.2. The van der Waals surface area contributed by atoms with Crippen molar-refractivity contribution in [3.63, 3.8) is 0 Å². The quantitative estimate of drug-likeness (QED) is 0.857. The van der Waals surface area contributed by atoms with E-state index in [0.717, 1.165) is 36.6 Å². The highest BCUT2D eigenvalue weighted by atomic mass is 19.1. The third-order valence-corrected chi connectivity index (χ3v) is 5.24. The number of nitrogens with one attached hydrogen (secondary N) is 1. The number of halogens is 1. The summed E-state index contributed by atoms with van der Waals surface area (Å²) >= 11 is 0. The molecule has 0 radical (unpaired) electrons. The largest absolute Gasteiger partial charge is 0.494 e. The van der Waals surface area contributed by atoms with Crippen LogP contribution in [0.4, 0.5) is 4.39 Å². The summed E-state index contributed by atoms with van der Waals surface area (Å²) in [6, 6.07) is 5.00. The fourth-order valence-electron chi connectivity index (χ4n) is 3.70. The smallest absolute Gasteiger partial charge is 0.255 e. The Hall–Kier alpha value is -3.12. The summed E-state index contributed by atoms with van der Waals surface area (Å²) < 4.78 is 18.8. The van der Waals surface area contributed by atoms with Crippen molar-refractivity contribution in [3.8, 4) is 5.75 Å². The fraction of sp³-hybridized carbons (Fsp3) is 0.261. The molecule has 29 heavy (non-hydrogen) atoms. The lowest BCUT2D eigenvalue weighted by Gasteiger charge is -2.36. The maximum absolute atomic E-state index is 13.8. The highest BCUT2D eigenvalue weighted by Crippen LogP contribution is 2.28. The summed E-state index contributed by atoms with van der Waals surface area (Å²) in [5.41, 5.74) is 3.25. The molecule has 0 saturated carbocycles. The van der Waals surface area contributed by atoms with Crippen LogP contribution >= 0.6 is 0 Å². The van der Waals surface area contributed by atoms with E-state index in [2.05, 4.69) is 23.2 Å². The standard InChI is InChI=1S/C23H24FN3O2/c1-16-14-26(11-10-25-16)20-8-7-19-5-3-4-17(13-23(28)27(19)15-20)18-6-9-21(24)22(12-18)29-2/h3-9,12-13,15-16,25H,10-11,14H2,1-2H3/b4-3+,17-13+,19-5+/t16-/m0/s1. The molecule has 3 heterocycles. The minimum absolute atomic E-state index is 0.149. The number of fused-ring (bicyclic) bond motifs is 1. The van der Waals surface area contributed by atoms with Crippen molar-refractivity contribution in [1.29, 1.82) is 0 Å². The van der Waals surface area contributed by atoms with Crippen molar-refractivity contribution < 1.29 is 13.9 Å². The molecule has 0 aromatic heterocycles. The zero-order valence-electron chi connectivity index (χ0n) is 16.6. The number of carbonyl (C=O) groups is 1. The number of benzene rings is 1. The van der Waals surface area contributed by atoms with Crippen molar-refractivity contribution in [2.24, 2.45) is 0 Å². The van der Waals surface area contributed by atoms with E-state index in [-0.39, 0.29) is 11.7 Å². The molecule has 1 atom stereocenters. The number of amides is 1. The summed E-state index contributed by atoms with van der Waals surface area (Å²) in [5, 5.41) is 3.43. The van der Waals surface area contributed by atoms with Gasteiger partial charge in [0, 0.05) is 43.6 Å². The second-order valence-corrected chi connectivity index (χ2v) is 7.30. The van der Waals surface area contributed by atoms with Crippen molar-refractivity contribution in [2.45, 2.75) is 13.0 Å². The number of nitrogens with zero attached hydrogens (tertiary/aromatic N) is 2. The van der Waals surface area contributed by atoms with Crippen LogP contribution in [0, 0.1) is 5.82 Å². The van der Waals surface area contributed by atoms with E-state index in [1.807, 2.05) is 30.5 Å². The normalized spacial score (nSPS) is 26.4. The second kappa shape index (κ2) is 8.09. The summed E-state index contributed by atoms with van der Waals surface area (Å²) in [6.07, 6.45) is 13.1. The molecule has 3 aliphatic rings. The van der Waals surface area contributed by atoms with Gasteiger partial charge in [-0.3, -0.25) is 9.69 Å². The highest BCUT2D eigenvalue weighted by molar-refractivity contribution is 6.00. The Morgan fingerprint density at radius 3 is 2.83 bits per heavy atom. The lowest BCUT2D eigenvalue weighted by molar-refractivity contribution is -0.122. The minimum Gasteiger partial charge on any atom is -0.494 e. The van der Waals surface area contributed by atoms with Crippen LogP contribution in [0.1, 0.15) is 12.5 Å². The second-order valence-electron chi connectivity index (χ2n) is 7.30. The van der Waals surface area contributed by atoms with Crippen LogP contribution in [-0.2, 0) is 4.79 Å². The van der Waals surface area contributed by atoms with Gasteiger partial charge in [0.25, 0.3) is 5.91 Å². The van der Waals surface area contributed by atoms with Gasteiger partial charge in [0.15, 0.2) is 11.6 Å². The summed E-state index contributed by atoms with van der Waals surface area (Å²) in [7, 11) is 1.42. The molecule has 1 aromatic rings. The van der Waals surface area contributed by atoms with Crippen molar-refractivity contribution in [2.75, 3.05) is 26.7 Å². The van der Waals surface area contributed by atoms with E-state index in [1.165, 1.54) is 13.2 Å². The van der Waals surface area contributed by atoms with Gasteiger partial charge in [0.1, 0.15) is 0 Å². The van der Waals surface area contributed by atoms with E-state index < -0.39 is 5.82 Å². The Bertz CT molecular complexity index is 974. The molecule has 0 aliphatic carbocycles. The molecule has 1 aromatic carbocycles. The highest BCUT2D eigenvalue weighted by Gasteiger charge is 2.23. The first-order valence-corrected chi connectivity index (χ1v) is 9.70. The maximum Gasteiger partial charge on any atom is 0.255 e. The zero-order valence-corrected chi connectivity index (χ0v) is 16.6. The molecule has 1 fully saturated rings. The van der Waals surface area contributed by atoms with Crippen molar-refractivity contribution >= 4 is 11.5 Å². The molecule has 1 saturated heterocycles. The lowest BCUT2D eigenvalue weighted by Crippen LogP contribution is -2.48. The predicted molar refractivity (Wildman–Crippen MR) is 111 cm³/mol. The molecule has 1 N–H and O–H groups in total. The summed E-state index contributed by atoms with van der Waals surface area (Å²) in [5.74, 6) is -0.429. The van der Waals surface area contributed by atoms with Gasteiger partial charge in [-0.2, -0.15) is 0 Å². The van der Waals surface area contributed by atoms with Crippen molar-refractivity contribution in [1.82, 2.24) is 15.1 Å². The molecular weight excluding hydrogens is 369 g/mol. The molecule has 0 spiro atoms. The van der Waals surface area contributed by atoms with Gasteiger partial charge in [-0.15, -0.1) is 0 Å². The number of carbonyl (C=O) groups excluding carboxylic acids is 1. The van der Waals surface area contributed by atoms with Crippen LogP contribution in [0.15, 0.2) is 72.2 Å². The minimum atomic E-state index is -0.431. The van der Waals surface area contributed by atoms with Gasteiger partial charge in [-0.1, -0.05) is 18.2 Å². The number of methoxy groups -OCH3 is 1. The number of hydrogen-bond acceptors (Lipinski definition) is 4. The monoisotopic (exact) mass is 393 g/mol. The van der Waals surface area contributed by atoms with E-state index in [9.17, 15) is 9.18 Å². The third kappa shape index (κ3) is 4.03. The molecule has 0 bridgehead atoms. The number of ether oxygens (including phenoxy) is 1. The number of rotatable bonds is 3. The Balaban J connectivity index is 1.65. The average Bonchev–Trinajstić information content (AvgIpc) is 2.72. The summed E-state index contributed by atoms with van der Waals surface area (Å²) in [4.78, 5) is 17.0. The van der Waals surface area contributed by atoms with E-state index in [1.54, 1.807) is 23.1 Å². The molecular formula is C23H24FN3O2. The SMILES string of the molecule is COc1cc(C2=C\C(=O)N3C=C(N4CCN[C@@H](C)C4)C=C\C3=C/C=C/2)ccc1F. The molecule has 5 nitrogen and oxygen atoms in total. The van der Waals surface area contributed by atoms with Crippen LogP contribution in [-0.4, -0.2) is 48.5 Å². The lowest BCUT2D eigenvalue weighted by atomic mass is 10.0. The molecule has 3 aliphatic heterocycles. The first-order valence-electron chi connectivity index (χ1n) is 9.70. The van der Waals surface area contributed by atoms with Gasteiger partial charge in [0.2, 0.25) is 0 Å². The van der Waals surface area contributed by atoms with Crippen LogP contribution in [0.5, 0.6) is 5.75 Å². The molecule has 1 amide bonds. The average molecular weight is 393 g/mol. The van der Waals surface area contributed by atoms with Gasteiger partial charge < -0.3 is 15.0 Å². The Kier molecular flexibility index (Phi) is 5.36. The number of allylic oxidation sites excluding steroid dienone is 6. The van der Waals surface area contributed by atoms with E-state index >= 15 is 0 Å². The van der Waals surface area contributed by atoms with Crippen LogP contribution in [0.3, 0.4) is 0 Å². The molecule has 6 heteroatoms. The Morgan fingerprint density at radius 2 is 2.03 bits per heavy atom. The van der Waals surface area contributed by atoms with Crippen LogP contribution in [0.2, 0.25) is 0 Å². The molecule has 150 valence electrons. The van der Waals surface area contributed by atoms with Gasteiger partial charge >= 0.3 is 0 Å². The Morgan fingerprint density at radius 1 is 1.21 bits per heavy atom. The van der Waals surface area contributed by atoms with Crippen LogP contribution < -0.4 is 10.1 Å². The first-order chi connectivity index (χ1) is 14.0. The topological polar surface area (TPSA) is 44.8 Å². The van der Waals surface area contributed by atoms with Crippen LogP contribution in [0.25, 0.3) is 5.57 Å². The molecule has 4 rings (SSSR count). The van der Waals surface area contributed by atoms with Crippen molar-refractivity contribution in [3.05, 3.63) is 83.6 Å². The Labute approximate surface area is 170 Å².